The lowest BCUT2D eigenvalue weighted by Gasteiger charge is -2.14. The highest BCUT2D eigenvalue weighted by molar-refractivity contribution is 5.76. The predicted molar refractivity (Wildman–Crippen MR) is 96.4 cm³/mol. The van der Waals surface area contributed by atoms with Crippen LogP contribution in [0.2, 0.25) is 0 Å². The van der Waals surface area contributed by atoms with E-state index in [2.05, 4.69) is 28.4 Å². The van der Waals surface area contributed by atoms with E-state index in [1.165, 1.54) is 0 Å². The van der Waals surface area contributed by atoms with Crippen molar-refractivity contribution < 1.29 is 4.79 Å². The third kappa shape index (κ3) is 3.96. The number of para-hydroxylation sites is 1. The summed E-state index contributed by atoms with van der Waals surface area (Å²) in [6.45, 7) is 6.48. The Kier molecular flexibility index (Phi) is 4.97. The lowest BCUT2D eigenvalue weighted by atomic mass is 10.2. The van der Waals surface area contributed by atoms with Crippen LogP contribution in [0.3, 0.4) is 0 Å². The van der Waals surface area contributed by atoms with Crippen molar-refractivity contribution in [3.05, 3.63) is 66.0 Å². The molecule has 1 unspecified atom stereocenters. The molecule has 2 heterocycles. The third-order valence-corrected chi connectivity index (χ3v) is 4.31. The summed E-state index contributed by atoms with van der Waals surface area (Å²) >= 11 is 0. The molecule has 1 aromatic carbocycles. The molecule has 1 amide bonds. The number of hydrogen-bond acceptors (Lipinski definition) is 3. The molecule has 0 saturated heterocycles. The number of nitrogens with zero attached hydrogens (tertiary/aromatic N) is 4. The van der Waals surface area contributed by atoms with Gasteiger partial charge in [-0.1, -0.05) is 18.2 Å². The molecular weight excluding hydrogens is 314 g/mol. The topological polar surface area (TPSA) is 64.7 Å². The second-order valence-electron chi connectivity index (χ2n) is 6.29. The number of carbonyl (C=O) groups excluding carboxylic acids is 1. The molecule has 1 atom stereocenters. The maximum absolute atomic E-state index is 12.2. The van der Waals surface area contributed by atoms with Crippen LogP contribution in [0.25, 0.3) is 5.69 Å². The van der Waals surface area contributed by atoms with Crippen molar-refractivity contribution in [3.8, 4) is 5.69 Å². The molecule has 0 radical (unpaired) electrons. The van der Waals surface area contributed by atoms with Crippen molar-refractivity contribution in [2.45, 2.75) is 39.8 Å². The zero-order valence-corrected chi connectivity index (χ0v) is 14.8. The number of rotatable bonds is 6. The number of aromatic nitrogens is 4. The molecule has 1 N–H and O–H groups in total. The Bertz CT molecular complexity index is 864. The minimum Gasteiger partial charge on any atom is -0.352 e. The van der Waals surface area contributed by atoms with Gasteiger partial charge in [-0.15, -0.1) is 0 Å². The van der Waals surface area contributed by atoms with E-state index in [1.807, 2.05) is 53.7 Å². The fourth-order valence-electron chi connectivity index (χ4n) is 2.90. The van der Waals surface area contributed by atoms with Gasteiger partial charge in [-0.3, -0.25) is 4.79 Å². The summed E-state index contributed by atoms with van der Waals surface area (Å²) in [6, 6.07) is 8.16. The number of imidazole rings is 1. The highest BCUT2D eigenvalue weighted by Crippen LogP contribution is 2.14. The maximum atomic E-state index is 12.2. The Hall–Kier alpha value is -2.89. The normalized spacial score (nSPS) is 12.1. The highest BCUT2D eigenvalue weighted by Gasteiger charge is 2.12. The number of amides is 1. The van der Waals surface area contributed by atoms with Gasteiger partial charge in [0, 0.05) is 43.2 Å². The number of hydrogen-bond donors (Lipinski definition) is 1. The first-order valence-corrected chi connectivity index (χ1v) is 8.40. The largest absolute Gasteiger partial charge is 0.352 e. The molecule has 6 heteroatoms. The van der Waals surface area contributed by atoms with Gasteiger partial charge in [-0.25, -0.2) is 9.67 Å². The Morgan fingerprint density at radius 1 is 1.28 bits per heavy atom. The van der Waals surface area contributed by atoms with E-state index in [4.69, 9.17) is 0 Å². The van der Waals surface area contributed by atoms with E-state index >= 15 is 0 Å². The minimum atomic E-state index is 0.0178. The van der Waals surface area contributed by atoms with Gasteiger partial charge in [0.1, 0.15) is 5.82 Å². The summed E-state index contributed by atoms with van der Waals surface area (Å²) < 4.78 is 3.85. The average Bonchev–Trinajstić information content (AvgIpc) is 3.22. The minimum absolute atomic E-state index is 0.0178. The first kappa shape index (κ1) is 17.0. The molecule has 130 valence electrons. The van der Waals surface area contributed by atoms with Crippen LogP contribution < -0.4 is 5.32 Å². The zero-order chi connectivity index (χ0) is 17.8. The van der Waals surface area contributed by atoms with Crippen LogP contribution in [-0.2, 0) is 11.3 Å². The first-order valence-electron chi connectivity index (χ1n) is 8.40. The second kappa shape index (κ2) is 7.34. The first-order chi connectivity index (χ1) is 12.0. The Labute approximate surface area is 147 Å². The van der Waals surface area contributed by atoms with E-state index in [-0.39, 0.29) is 11.9 Å². The zero-order valence-electron chi connectivity index (χ0n) is 14.8. The fourth-order valence-corrected chi connectivity index (χ4v) is 2.90. The molecule has 0 spiro atoms. The van der Waals surface area contributed by atoms with Gasteiger partial charge in [-0.05, 0) is 32.4 Å². The van der Waals surface area contributed by atoms with Crippen LogP contribution >= 0.6 is 0 Å². The van der Waals surface area contributed by atoms with E-state index in [0.717, 1.165) is 22.6 Å². The van der Waals surface area contributed by atoms with Gasteiger partial charge < -0.3 is 9.88 Å². The van der Waals surface area contributed by atoms with Crippen LogP contribution in [0.5, 0.6) is 0 Å². The molecule has 2 aromatic heterocycles. The summed E-state index contributed by atoms with van der Waals surface area (Å²) in [5, 5.41) is 7.36. The summed E-state index contributed by atoms with van der Waals surface area (Å²) in [5.41, 5.74) is 3.18. The van der Waals surface area contributed by atoms with Crippen LogP contribution in [0, 0.1) is 13.8 Å². The monoisotopic (exact) mass is 337 g/mol. The van der Waals surface area contributed by atoms with Crippen molar-refractivity contribution in [1.82, 2.24) is 24.6 Å². The smallest absolute Gasteiger partial charge is 0.222 e. The van der Waals surface area contributed by atoms with Crippen molar-refractivity contribution in [2.24, 2.45) is 0 Å². The number of benzene rings is 1. The molecule has 0 saturated carbocycles. The number of nitrogens with one attached hydrogen (secondary N) is 1. The molecule has 3 rings (SSSR count). The van der Waals surface area contributed by atoms with E-state index in [0.29, 0.717) is 13.0 Å². The van der Waals surface area contributed by atoms with Crippen molar-refractivity contribution >= 4 is 5.91 Å². The summed E-state index contributed by atoms with van der Waals surface area (Å²) in [4.78, 5) is 16.4. The molecular formula is C19H23N5O. The maximum Gasteiger partial charge on any atom is 0.222 e. The van der Waals surface area contributed by atoms with Crippen LogP contribution in [0.1, 0.15) is 36.3 Å². The molecule has 6 nitrogen and oxygen atoms in total. The predicted octanol–water partition coefficient (Wildman–Crippen LogP) is 2.95. The Morgan fingerprint density at radius 2 is 2.08 bits per heavy atom. The van der Waals surface area contributed by atoms with Gasteiger partial charge in [0.25, 0.3) is 0 Å². The van der Waals surface area contributed by atoms with Crippen molar-refractivity contribution in [2.75, 3.05) is 0 Å². The third-order valence-electron chi connectivity index (χ3n) is 4.31. The lowest BCUT2D eigenvalue weighted by Crippen LogP contribution is -2.25. The second-order valence-corrected chi connectivity index (χ2v) is 6.29. The molecule has 0 aliphatic rings. The number of carbonyl (C=O) groups is 1. The molecule has 3 aromatic rings. The quantitative estimate of drug-likeness (QED) is 0.752. The van der Waals surface area contributed by atoms with E-state index in [1.54, 1.807) is 12.4 Å². The van der Waals surface area contributed by atoms with E-state index < -0.39 is 0 Å². The summed E-state index contributed by atoms with van der Waals surface area (Å²) in [7, 11) is 0. The lowest BCUT2D eigenvalue weighted by molar-refractivity contribution is -0.121. The molecule has 0 bridgehead atoms. The Morgan fingerprint density at radius 3 is 2.80 bits per heavy atom. The molecule has 0 fully saturated rings. The SMILES string of the molecule is Cc1ccccc1-n1cc(CNC(=O)CC(C)n2ccnc2C)cn1. The molecule has 0 aliphatic heterocycles. The van der Waals surface area contributed by atoms with E-state index in [9.17, 15) is 4.79 Å². The fraction of sp³-hybridized carbons (Fsp3) is 0.316. The average molecular weight is 337 g/mol. The summed E-state index contributed by atoms with van der Waals surface area (Å²) in [5.74, 6) is 0.934. The van der Waals surface area contributed by atoms with Gasteiger partial charge in [0.2, 0.25) is 5.91 Å². The number of aryl methyl sites for hydroxylation is 2. The van der Waals surface area contributed by atoms with Gasteiger partial charge in [-0.2, -0.15) is 5.10 Å². The highest BCUT2D eigenvalue weighted by atomic mass is 16.1. The van der Waals surface area contributed by atoms with Gasteiger partial charge >= 0.3 is 0 Å². The summed E-state index contributed by atoms with van der Waals surface area (Å²) in [6.07, 6.45) is 7.81. The van der Waals surface area contributed by atoms with Gasteiger partial charge in [0.15, 0.2) is 0 Å². The molecule has 25 heavy (non-hydrogen) atoms. The van der Waals surface area contributed by atoms with Gasteiger partial charge in [0.05, 0.1) is 11.9 Å². The Balaban J connectivity index is 1.56. The standard InChI is InChI=1S/C19H23N5O/c1-14-6-4-5-7-18(14)24-13-17(12-22-24)11-21-19(25)10-15(2)23-9-8-20-16(23)3/h4-9,12-13,15H,10-11H2,1-3H3,(H,21,25). The van der Waals surface area contributed by atoms with Crippen molar-refractivity contribution in [1.29, 1.82) is 0 Å². The van der Waals surface area contributed by atoms with Crippen LogP contribution in [0.15, 0.2) is 49.1 Å². The van der Waals surface area contributed by atoms with Crippen LogP contribution in [0.4, 0.5) is 0 Å². The van der Waals surface area contributed by atoms with Crippen LogP contribution in [-0.4, -0.2) is 25.2 Å². The van der Waals surface area contributed by atoms with Crippen molar-refractivity contribution in [3.63, 3.8) is 0 Å². The molecule has 0 aliphatic carbocycles.